The molecule has 0 aliphatic heterocycles. The number of carbonyl (C=O) groups excluding carboxylic acids is 2. The van der Waals surface area contributed by atoms with Crippen molar-refractivity contribution in [3.8, 4) is 0 Å². The van der Waals surface area contributed by atoms with E-state index >= 15 is 0 Å². The van der Waals surface area contributed by atoms with Gasteiger partial charge in [-0.1, -0.05) is 30.3 Å². The molecular weight excluding hydrogens is 367 g/mol. The number of nitrogens with one attached hydrogen (secondary N) is 3. The van der Waals surface area contributed by atoms with Crippen LogP contribution in [-0.2, 0) is 43.9 Å². The third-order valence-corrected chi connectivity index (χ3v) is 2.93. The fourth-order valence-corrected chi connectivity index (χ4v) is 1.91. The minimum atomic E-state index is -0.311. The van der Waals surface area contributed by atoms with Crippen LogP contribution in [0.4, 0.5) is 16.2 Å². The summed E-state index contributed by atoms with van der Waals surface area (Å²) in [5.41, 5.74) is 2.26. The Kier molecular flexibility index (Phi) is 8.52. The number of benzene rings is 2. The molecule has 6 heteroatoms. The number of carbonyl (C=O) groups is 2. The molecule has 0 heterocycles. The normalized spacial score (nSPS) is 9.43. The zero-order valence-corrected chi connectivity index (χ0v) is 15.5. The summed E-state index contributed by atoms with van der Waals surface area (Å²) in [4.78, 5) is 23.3. The van der Waals surface area contributed by atoms with Crippen LogP contribution in [0, 0.1) is 6.92 Å². The van der Waals surface area contributed by atoms with Gasteiger partial charge >= 0.3 is 6.03 Å². The monoisotopic (exact) mass is 385 g/mol. The minimum absolute atomic E-state index is 0. The van der Waals surface area contributed by atoms with Gasteiger partial charge in [0, 0.05) is 44.1 Å². The van der Waals surface area contributed by atoms with Gasteiger partial charge in [-0.15, -0.1) is 6.54 Å². The van der Waals surface area contributed by atoms with Gasteiger partial charge in [-0.3, -0.25) is 4.79 Å². The molecule has 1 radical (unpaired) electrons. The fourth-order valence-electron chi connectivity index (χ4n) is 1.91. The number of urea groups is 1. The first-order valence-electron chi connectivity index (χ1n) is 6.95. The molecule has 3 amide bonds. The second-order valence-corrected chi connectivity index (χ2v) is 4.67. The van der Waals surface area contributed by atoms with Gasteiger partial charge in [-0.2, -0.15) is 0 Å². The standard InChI is InChI=1S/C17H18N3O2.Y/c1-2-18-16(21)12-13-8-10-15(11-9-13)20-17(22)19-14-6-4-3-5-7-14;/h3-11H,1-2,12H2,(H,18,21)(H2,19,20,22);/q-1;. The van der Waals surface area contributed by atoms with Crippen molar-refractivity contribution in [2.45, 2.75) is 6.42 Å². The maximum Gasteiger partial charge on any atom is 0.323 e. The zero-order valence-electron chi connectivity index (χ0n) is 12.7. The van der Waals surface area contributed by atoms with Crippen molar-refractivity contribution < 1.29 is 42.3 Å². The largest absolute Gasteiger partial charge is 0.386 e. The molecule has 0 aliphatic rings. The molecule has 0 bridgehead atoms. The van der Waals surface area contributed by atoms with Gasteiger partial charge in [0.1, 0.15) is 0 Å². The topological polar surface area (TPSA) is 70.2 Å². The second-order valence-electron chi connectivity index (χ2n) is 4.67. The van der Waals surface area contributed by atoms with E-state index in [-0.39, 0.29) is 44.6 Å². The summed E-state index contributed by atoms with van der Waals surface area (Å²) in [5.74, 6) is -0.0717. The first kappa shape index (κ1) is 19.3. The number of hydrogen-bond acceptors (Lipinski definition) is 2. The van der Waals surface area contributed by atoms with Gasteiger partial charge in [0.25, 0.3) is 0 Å². The van der Waals surface area contributed by atoms with Gasteiger partial charge < -0.3 is 22.9 Å². The third-order valence-electron chi connectivity index (χ3n) is 2.93. The van der Waals surface area contributed by atoms with Crippen LogP contribution in [0.1, 0.15) is 5.56 Å². The zero-order chi connectivity index (χ0) is 15.8. The Hall–Kier alpha value is -1.72. The Morgan fingerprint density at radius 3 is 2.00 bits per heavy atom. The molecule has 0 saturated heterocycles. The van der Waals surface area contributed by atoms with E-state index in [9.17, 15) is 9.59 Å². The second kappa shape index (κ2) is 10.1. The maximum atomic E-state index is 11.8. The van der Waals surface area contributed by atoms with Crippen LogP contribution in [0.15, 0.2) is 54.6 Å². The van der Waals surface area contributed by atoms with E-state index in [1.54, 1.807) is 24.3 Å². The Labute approximate surface area is 161 Å². The van der Waals surface area contributed by atoms with E-state index in [2.05, 4.69) is 22.9 Å². The van der Waals surface area contributed by atoms with Crippen LogP contribution in [0.2, 0.25) is 0 Å². The van der Waals surface area contributed by atoms with E-state index in [1.165, 1.54) is 0 Å². The molecule has 0 unspecified atom stereocenters. The van der Waals surface area contributed by atoms with Crippen molar-refractivity contribution in [2.75, 3.05) is 17.2 Å². The van der Waals surface area contributed by atoms with Crippen LogP contribution in [0.5, 0.6) is 0 Å². The molecule has 0 saturated carbocycles. The Morgan fingerprint density at radius 1 is 0.870 bits per heavy atom. The molecule has 0 atom stereocenters. The number of amides is 3. The first-order valence-corrected chi connectivity index (χ1v) is 6.95. The van der Waals surface area contributed by atoms with Gasteiger partial charge in [0.2, 0.25) is 5.91 Å². The van der Waals surface area contributed by atoms with E-state index in [4.69, 9.17) is 0 Å². The van der Waals surface area contributed by atoms with Gasteiger partial charge in [-0.05, 0) is 29.8 Å². The molecule has 2 rings (SSSR count). The smallest absolute Gasteiger partial charge is 0.323 e. The first-order chi connectivity index (χ1) is 10.7. The summed E-state index contributed by atoms with van der Waals surface area (Å²) in [6.45, 7) is 3.94. The molecule has 0 aliphatic carbocycles. The molecule has 0 fully saturated rings. The van der Waals surface area contributed by atoms with Crippen LogP contribution in [0.3, 0.4) is 0 Å². The molecule has 2 aromatic rings. The van der Waals surface area contributed by atoms with Crippen molar-refractivity contribution in [3.05, 3.63) is 67.1 Å². The van der Waals surface area contributed by atoms with E-state index in [1.807, 2.05) is 30.3 Å². The van der Waals surface area contributed by atoms with Crippen molar-refractivity contribution in [1.29, 1.82) is 0 Å². The van der Waals surface area contributed by atoms with Gasteiger partial charge in [0.05, 0.1) is 6.42 Å². The summed E-state index contributed by atoms with van der Waals surface area (Å²) in [7, 11) is 0. The van der Waals surface area contributed by atoms with Crippen molar-refractivity contribution >= 4 is 23.3 Å². The van der Waals surface area contributed by atoms with E-state index in [0.717, 1.165) is 11.3 Å². The average Bonchev–Trinajstić information content (AvgIpc) is 2.50. The van der Waals surface area contributed by atoms with Crippen molar-refractivity contribution in [2.24, 2.45) is 0 Å². The third kappa shape index (κ3) is 6.93. The van der Waals surface area contributed by atoms with Gasteiger partial charge in [-0.25, -0.2) is 4.79 Å². The number of anilines is 2. The van der Waals surface area contributed by atoms with Crippen LogP contribution < -0.4 is 16.0 Å². The van der Waals surface area contributed by atoms with E-state index in [0.29, 0.717) is 18.7 Å². The Morgan fingerprint density at radius 2 is 1.43 bits per heavy atom. The average molecular weight is 385 g/mol. The summed E-state index contributed by atoms with van der Waals surface area (Å²) in [6, 6.07) is 16.0. The summed E-state index contributed by atoms with van der Waals surface area (Å²) >= 11 is 0. The predicted molar refractivity (Wildman–Crippen MR) is 87.6 cm³/mol. The quantitative estimate of drug-likeness (QED) is 0.693. The van der Waals surface area contributed by atoms with Crippen LogP contribution >= 0.6 is 0 Å². The summed E-state index contributed by atoms with van der Waals surface area (Å²) < 4.78 is 0. The Balaban J connectivity index is 0.00000264. The minimum Gasteiger partial charge on any atom is -0.386 e. The predicted octanol–water partition coefficient (Wildman–Crippen LogP) is 2.82. The molecule has 23 heavy (non-hydrogen) atoms. The molecule has 2 aromatic carbocycles. The molecule has 3 N–H and O–H groups in total. The maximum absolute atomic E-state index is 11.8. The van der Waals surface area contributed by atoms with Crippen molar-refractivity contribution in [3.63, 3.8) is 0 Å². The molecule has 5 nitrogen and oxygen atoms in total. The van der Waals surface area contributed by atoms with Crippen LogP contribution in [-0.4, -0.2) is 18.5 Å². The Bertz CT molecular complexity index is 630. The molecule has 0 spiro atoms. The molecular formula is C17H18N3O2Y-. The van der Waals surface area contributed by atoms with E-state index < -0.39 is 0 Å². The van der Waals surface area contributed by atoms with Crippen molar-refractivity contribution in [1.82, 2.24) is 5.32 Å². The summed E-state index contributed by atoms with van der Waals surface area (Å²) in [6.07, 6.45) is 0.298. The fraction of sp³-hybridized carbons (Fsp3) is 0.118. The van der Waals surface area contributed by atoms with Crippen LogP contribution in [0.25, 0.3) is 0 Å². The number of para-hydroxylation sites is 1. The molecule has 117 valence electrons. The number of rotatable bonds is 5. The summed E-state index contributed by atoms with van der Waals surface area (Å²) in [5, 5.41) is 8.11. The van der Waals surface area contributed by atoms with Gasteiger partial charge in [0.15, 0.2) is 0 Å². The molecule has 0 aromatic heterocycles. The number of hydrogen-bond donors (Lipinski definition) is 3. The SMILES string of the molecule is [CH2-]CNC(=O)Cc1ccc(NC(=O)Nc2ccccc2)cc1.[Y].